The summed E-state index contributed by atoms with van der Waals surface area (Å²) in [6.07, 6.45) is 9.58. The van der Waals surface area contributed by atoms with E-state index in [0.29, 0.717) is 48.0 Å². The van der Waals surface area contributed by atoms with Gasteiger partial charge in [0.2, 0.25) is 0 Å². The van der Waals surface area contributed by atoms with E-state index >= 15 is 0 Å². The van der Waals surface area contributed by atoms with Crippen molar-refractivity contribution in [1.82, 2.24) is 4.98 Å². The van der Waals surface area contributed by atoms with Crippen LogP contribution in [-0.4, -0.2) is 27.1 Å². The molecule has 1 aromatic rings. The van der Waals surface area contributed by atoms with Crippen molar-refractivity contribution in [3.05, 3.63) is 23.5 Å². The standard InChI is InChI=1S/C27H39NO3/c1-15-11-24(31)25(28-14-15)16(2)19-5-6-20-18-13-23(30)22-12-17(29)7-9-27(22,4)21(18)8-10-26(19,20)3/h11,14,16-22,29,31H,5-10,12-13H2,1-4H3/t16-,17+,18-,19+,20-,21+,22+,26+,27+/m0/s1. The summed E-state index contributed by atoms with van der Waals surface area (Å²) in [5.41, 5.74) is 2.11. The van der Waals surface area contributed by atoms with E-state index < -0.39 is 0 Å². The molecular weight excluding hydrogens is 386 g/mol. The van der Waals surface area contributed by atoms with E-state index in [9.17, 15) is 15.0 Å². The highest BCUT2D eigenvalue weighted by molar-refractivity contribution is 5.83. The summed E-state index contributed by atoms with van der Waals surface area (Å²) >= 11 is 0. The summed E-state index contributed by atoms with van der Waals surface area (Å²) in [7, 11) is 0. The quantitative estimate of drug-likeness (QED) is 0.666. The molecule has 4 nitrogen and oxygen atoms in total. The Kier molecular flexibility index (Phi) is 5.04. The first-order chi connectivity index (χ1) is 14.6. The monoisotopic (exact) mass is 425 g/mol. The van der Waals surface area contributed by atoms with Gasteiger partial charge in [-0.25, -0.2) is 0 Å². The molecule has 4 fully saturated rings. The van der Waals surface area contributed by atoms with Crippen molar-refractivity contribution < 1.29 is 15.0 Å². The lowest BCUT2D eigenvalue weighted by Crippen LogP contribution is -2.57. The Bertz CT molecular complexity index is 883. The Morgan fingerprint density at radius 3 is 2.55 bits per heavy atom. The predicted octanol–water partition coefficient (Wildman–Crippen LogP) is 5.40. The van der Waals surface area contributed by atoms with Crippen molar-refractivity contribution in [2.75, 3.05) is 0 Å². The molecule has 0 spiro atoms. The maximum absolute atomic E-state index is 13.3. The van der Waals surface area contributed by atoms with Crippen molar-refractivity contribution in [3.63, 3.8) is 0 Å². The number of hydrogen-bond donors (Lipinski definition) is 2. The van der Waals surface area contributed by atoms with Crippen LogP contribution in [0.5, 0.6) is 5.75 Å². The summed E-state index contributed by atoms with van der Waals surface area (Å²) in [4.78, 5) is 17.9. The number of fused-ring (bicyclic) bond motifs is 5. The fourth-order valence-corrected chi connectivity index (χ4v) is 8.99. The lowest BCUT2D eigenvalue weighted by molar-refractivity contribution is -0.159. The fraction of sp³-hybridized carbons (Fsp3) is 0.778. The van der Waals surface area contributed by atoms with Crippen LogP contribution >= 0.6 is 0 Å². The first-order valence-electron chi connectivity index (χ1n) is 12.5. The molecule has 0 aliphatic heterocycles. The van der Waals surface area contributed by atoms with E-state index in [-0.39, 0.29) is 28.8 Å². The molecule has 4 aliphatic carbocycles. The van der Waals surface area contributed by atoms with Crippen molar-refractivity contribution in [2.45, 2.75) is 91.1 Å². The smallest absolute Gasteiger partial charge is 0.137 e. The second-order valence-electron chi connectivity index (χ2n) is 12.0. The molecular formula is C27H39NO3. The van der Waals surface area contributed by atoms with E-state index in [0.717, 1.165) is 30.5 Å². The van der Waals surface area contributed by atoms with Crippen LogP contribution in [0.15, 0.2) is 12.3 Å². The molecule has 31 heavy (non-hydrogen) atoms. The van der Waals surface area contributed by atoms with E-state index in [1.807, 2.05) is 19.2 Å². The van der Waals surface area contributed by atoms with Crippen LogP contribution in [-0.2, 0) is 4.79 Å². The number of aromatic nitrogens is 1. The molecule has 0 unspecified atom stereocenters. The van der Waals surface area contributed by atoms with Gasteiger partial charge < -0.3 is 10.2 Å². The molecule has 4 saturated carbocycles. The van der Waals surface area contributed by atoms with Gasteiger partial charge in [-0.05, 0) is 98.0 Å². The van der Waals surface area contributed by atoms with Gasteiger partial charge in [-0.15, -0.1) is 0 Å². The number of ketones is 1. The van der Waals surface area contributed by atoms with Crippen LogP contribution in [0, 0.1) is 47.3 Å². The Hall–Kier alpha value is -1.42. The van der Waals surface area contributed by atoms with Gasteiger partial charge in [-0.2, -0.15) is 0 Å². The van der Waals surface area contributed by atoms with Crippen LogP contribution in [0.4, 0.5) is 0 Å². The average molecular weight is 426 g/mol. The molecule has 170 valence electrons. The van der Waals surface area contributed by atoms with E-state index in [4.69, 9.17) is 0 Å². The molecule has 2 N–H and O–H groups in total. The Labute approximate surface area is 186 Å². The summed E-state index contributed by atoms with van der Waals surface area (Å²) in [6, 6.07) is 1.84. The lowest BCUT2D eigenvalue weighted by atomic mass is 9.44. The SMILES string of the molecule is Cc1cnc([C@@H](C)[C@H]2CC[C@H]3[C@@H]4CC(=O)[C@H]5C[C@H](O)CC[C@]5(C)[C@@H]4CC[C@]23C)c(O)c1. The molecule has 4 aliphatic rings. The minimum atomic E-state index is -0.293. The van der Waals surface area contributed by atoms with Gasteiger partial charge in [-0.3, -0.25) is 9.78 Å². The number of Topliss-reactive ketones (excluding diaryl/α,β-unsaturated/α-hetero) is 1. The van der Waals surface area contributed by atoms with Gasteiger partial charge in [0.05, 0.1) is 11.8 Å². The molecule has 5 rings (SSSR count). The summed E-state index contributed by atoms with van der Waals surface area (Å²) in [6.45, 7) is 9.04. The first kappa shape index (κ1) is 21.4. The number of aromatic hydroxyl groups is 1. The van der Waals surface area contributed by atoms with Crippen molar-refractivity contribution in [1.29, 1.82) is 0 Å². The number of hydrogen-bond acceptors (Lipinski definition) is 4. The zero-order valence-corrected chi connectivity index (χ0v) is 19.6. The maximum Gasteiger partial charge on any atom is 0.137 e. The van der Waals surface area contributed by atoms with Gasteiger partial charge in [-0.1, -0.05) is 20.8 Å². The third-order valence-corrected chi connectivity index (χ3v) is 10.6. The minimum Gasteiger partial charge on any atom is -0.506 e. The minimum absolute atomic E-state index is 0.0617. The molecule has 1 aromatic heterocycles. The molecule has 9 atom stereocenters. The van der Waals surface area contributed by atoms with Gasteiger partial charge in [0.1, 0.15) is 11.5 Å². The van der Waals surface area contributed by atoms with Gasteiger partial charge in [0.25, 0.3) is 0 Å². The second-order valence-corrected chi connectivity index (χ2v) is 12.0. The Morgan fingerprint density at radius 2 is 1.81 bits per heavy atom. The maximum atomic E-state index is 13.3. The highest BCUT2D eigenvalue weighted by Crippen LogP contribution is 2.68. The molecule has 0 amide bonds. The molecule has 0 bridgehead atoms. The number of carbonyl (C=O) groups is 1. The third kappa shape index (κ3) is 3.11. The highest BCUT2D eigenvalue weighted by atomic mass is 16.3. The topological polar surface area (TPSA) is 70.4 Å². The number of aliphatic hydroxyl groups is 1. The van der Waals surface area contributed by atoms with E-state index in [1.54, 1.807) is 0 Å². The Morgan fingerprint density at radius 1 is 1.10 bits per heavy atom. The summed E-state index contributed by atoms with van der Waals surface area (Å²) in [5, 5.41) is 20.8. The summed E-state index contributed by atoms with van der Waals surface area (Å²) < 4.78 is 0. The number of aliphatic hydroxyl groups excluding tert-OH is 1. The lowest BCUT2D eigenvalue weighted by Gasteiger charge is -2.60. The largest absolute Gasteiger partial charge is 0.506 e. The van der Waals surface area contributed by atoms with Crippen LogP contribution in [0.3, 0.4) is 0 Å². The van der Waals surface area contributed by atoms with Crippen molar-refractivity contribution in [3.8, 4) is 5.75 Å². The van der Waals surface area contributed by atoms with Crippen LogP contribution in [0.1, 0.15) is 89.3 Å². The number of pyridine rings is 1. The molecule has 0 saturated heterocycles. The van der Waals surface area contributed by atoms with E-state index in [2.05, 4.69) is 25.8 Å². The zero-order chi connectivity index (χ0) is 22.1. The number of nitrogens with zero attached hydrogens (tertiary/aromatic N) is 1. The second kappa shape index (κ2) is 7.30. The van der Waals surface area contributed by atoms with E-state index in [1.165, 1.54) is 19.3 Å². The number of carbonyl (C=O) groups excluding carboxylic acids is 1. The highest BCUT2D eigenvalue weighted by Gasteiger charge is 2.62. The van der Waals surface area contributed by atoms with Gasteiger partial charge in [0.15, 0.2) is 0 Å². The van der Waals surface area contributed by atoms with Crippen LogP contribution in [0.25, 0.3) is 0 Å². The van der Waals surface area contributed by atoms with Gasteiger partial charge in [0, 0.05) is 24.5 Å². The van der Waals surface area contributed by atoms with Gasteiger partial charge >= 0.3 is 0 Å². The molecule has 0 aromatic carbocycles. The third-order valence-electron chi connectivity index (χ3n) is 10.6. The zero-order valence-electron chi connectivity index (χ0n) is 19.6. The number of aryl methyl sites for hydroxylation is 1. The molecule has 4 heteroatoms. The molecule has 1 heterocycles. The fourth-order valence-electron chi connectivity index (χ4n) is 8.99. The molecule has 0 radical (unpaired) electrons. The van der Waals surface area contributed by atoms with Crippen LogP contribution < -0.4 is 0 Å². The number of rotatable bonds is 2. The average Bonchev–Trinajstić information content (AvgIpc) is 3.06. The predicted molar refractivity (Wildman–Crippen MR) is 121 cm³/mol. The van der Waals surface area contributed by atoms with Crippen LogP contribution in [0.2, 0.25) is 0 Å². The van der Waals surface area contributed by atoms with Crippen molar-refractivity contribution >= 4 is 5.78 Å². The Balaban J connectivity index is 1.43. The summed E-state index contributed by atoms with van der Waals surface area (Å²) in [5.74, 6) is 3.21. The first-order valence-corrected chi connectivity index (χ1v) is 12.5. The normalized spacial score (nSPS) is 45.5. The van der Waals surface area contributed by atoms with Crippen molar-refractivity contribution in [2.24, 2.45) is 40.4 Å².